The maximum Gasteiger partial charge on any atom is 0.102 e. The fraction of sp³-hybridized carbons (Fsp3) is 0.538. The van der Waals surface area contributed by atoms with Crippen molar-refractivity contribution in [2.45, 2.75) is 38.3 Å². The first-order chi connectivity index (χ1) is 7.10. The molecule has 2 rings (SSSR count). The second kappa shape index (κ2) is 3.95. The molecule has 82 valence electrons. The monoisotopic (exact) mass is 205 g/mol. The molecule has 1 aliphatic rings. The standard InChI is InChI=1S/C13H19NO/c1-10-5-7-11(8-6-10)13(2,15)12-4-3-9-14-12/h5-8,12,14-15H,3-4,9H2,1-2H3/t12?,13-/m0/s1. The average Bonchev–Trinajstić information content (AvgIpc) is 2.71. The second-order valence-electron chi connectivity index (χ2n) is 4.66. The Morgan fingerprint density at radius 3 is 2.53 bits per heavy atom. The van der Waals surface area contributed by atoms with Crippen LogP contribution in [0.5, 0.6) is 0 Å². The van der Waals surface area contributed by atoms with Gasteiger partial charge in [-0.05, 0) is 38.8 Å². The van der Waals surface area contributed by atoms with E-state index in [9.17, 15) is 5.11 Å². The van der Waals surface area contributed by atoms with Crippen LogP contribution < -0.4 is 5.32 Å². The summed E-state index contributed by atoms with van der Waals surface area (Å²) >= 11 is 0. The molecular weight excluding hydrogens is 186 g/mol. The maximum atomic E-state index is 10.5. The predicted octanol–water partition coefficient (Wildman–Crippen LogP) is 1.95. The smallest absolute Gasteiger partial charge is 0.102 e. The van der Waals surface area contributed by atoms with Crippen molar-refractivity contribution in [2.75, 3.05) is 6.54 Å². The summed E-state index contributed by atoms with van der Waals surface area (Å²) in [6.07, 6.45) is 2.22. The van der Waals surface area contributed by atoms with Gasteiger partial charge >= 0.3 is 0 Å². The van der Waals surface area contributed by atoms with Gasteiger partial charge in [-0.25, -0.2) is 0 Å². The molecule has 0 aliphatic carbocycles. The molecule has 2 heteroatoms. The first-order valence-electron chi connectivity index (χ1n) is 5.63. The number of nitrogens with one attached hydrogen (secondary N) is 1. The highest BCUT2D eigenvalue weighted by Gasteiger charge is 2.35. The summed E-state index contributed by atoms with van der Waals surface area (Å²) in [5.41, 5.74) is 1.49. The SMILES string of the molecule is Cc1ccc([C@](C)(O)C2CCCN2)cc1. The maximum absolute atomic E-state index is 10.5. The number of hydrogen-bond acceptors (Lipinski definition) is 2. The van der Waals surface area contributed by atoms with Crippen molar-refractivity contribution in [1.29, 1.82) is 0 Å². The normalized spacial score (nSPS) is 25.1. The van der Waals surface area contributed by atoms with Gasteiger partial charge in [-0.15, -0.1) is 0 Å². The Morgan fingerprint density at radius 2 is 2.00 bits per heavy atom. The van der Waals surface area contributed by atoms with Crippen molar-refractivity contribution in [1.82, 2.24) is 5.32 Å². The van der Waals surface area contributed by atoms with E-state index in [2.05, 4.69) is 24.4 Å². The molecule has 2 atom stereocenters. The van der Waals surface area contributed by atoms with Crippen LogP contribution in [0.2, 0.25) is 0 Å². The molecule has 0 amide bonds. The van der Waals surface area contributed by atoms with Gasteiger partial charge in [0.05, 0.1) is 0 Å². The second-order valence-corrected chi connectivity index (χ2v) is 4.66. The van der Waals surface area contributed by atoms with Crippen LogP contribution in [0.15, 0.2) is 24.3 Å². The quantitative estimate of drug-likeness (QED) is 0.773. The highest BCUT2D eigenvalue weighted by atomic mass is 16.3. The Bertz CT molecular complexity index is 323. The molecule has 0 bridgehead atoms. The van der Waals surface area contributed by atoms with E-state index < -0.39 is 5.60 Å². The zero-order valence-corrected chi connectivity index (χ0v) is 9.46. The van der Waals surface area contributed by atoms with Gasteiger partial charge in [0.2, 0.25) is 0 Å². The van der Waals surface area contributed by atoms with Gasteiger partial charge in [0.25, 0.3) is 0 Å². The van der Waals surface area contributed by atoms with Crippen LogP contribution in [0.3, 0.4) is 0 Å². The van der Waals surface area contributed by atoms with Gasteiger partial charge in [0.15, 0.2) is 0 Å². The summed E-state index contributed by atoms with van der Waals surface area (Å²) in [5, 5.41) is 13.9. The summed E-state index contributed by atoms with van der Waals surface area (Å²) in [6.45, 7) is 4.99. The Labute approximate surface area is 91.3 Å². The molecule has 0 spiro atoms. The van der Waals surface area contributed by atoms with E-state index in [0.717, 1.165) is 24.9 Å². The zero-order valence-electron chi connectivity index (χ0n) is 9.46. The van der Waals surface area contributed by atoms with E-state index >= 15 is 0 Å². The Kier molecular flexibility index (Phi) is 2.81. The van der Waals surface area contributed by atoms with Gasteiger partial charge in [0.1, 0.15) is 5.60 Å². The Morgan fingerprint density at radius 1 is 1.33 bits per heavy atom. The van der Waals surface area contributed by atoms with Crippen LogP contribution in [-0.2, 0) is 5.60 Å². The number of aliphatic hydroxyl groups is 1. The molecule has 2 nitrogen and oxygen atoms in total. The number of rotatable bonds is 2. The lowest BCUT2D eigenvalue weighted by atomic mass is 9.87. The average molecular weight is 205 g/mol. The lowest BCUT2D eigenvalue weighted by molar-refractivity contribution is 0.0218. The molecular formula is C13H19NO. The largest absolute Gasteiger partial charge is 0.384 e. The molecule has 1 aliphatic heterocycles. The van der Waals surface area contributed by atoms with E-state index in [1.807, 2.05) is 19.1 Å². The zero-order chi connectivity index (χ0) is 10.9. The third-order valence-corrected chi connectivity index (χ3v) is 3.37. The topological polar surface area (TPSA) is 32.3 Å². The van der Waals surface area contributed by atoms with Crippen molar-refractivity contribution in [3.63, 3.8) is 0 Å². The van der Waals surface area contributed by atoms with Crippen molar-refractivity contribution >= 4 is 0 Å². The minimum atomic E-state index is -0.746. The van der Waals surface area contributed by atoms with E-state index in [0.29, 0.717) is 0 Å². The summed E-state index contributed by atoms with van der Waals surface area (Å²) in [7, 11) is 0. The van der Waals surface area contributed by atoms with E-state index in [1.54, 1.807) is 0 Å². The van der Waals surface area contributed by atoms with Crippen LogP contribution >= 0.6 is 0 Å². The molecule has 1 unspecified atom stereocenters. The summed E-state index contributed by atoms with van der Waals surface area (Å²) < 4.78 is 0. The molecule has 0 saturated carbocycles. The fourth-order valence-electron chi connectivity index (χ4n) is 2.26. The minimum absolute atomic E-state index is 0.195. The van der Waals surface area contributed by atoms with Crippen molar-refractivity contribution in [3.8, 4) is 0 Å². The van der Waals surface area contributed by atoms with Gasteiger partial charge in [0, 0.05) is 6.04 Å². The molecule has 1 aromatic carbocycles. The van der Waals surface area contributed by atoms with Crippen LogP contribution in [0.4, 0.5) is 0 Å². The molecule has 1 fully saturated rings. The molecule has 0 radical (unpaired) electrons. The molecule has 0 aromatic heterocycles. The molecule has 15 heavy (non-hydrogen) atoms. The van der Waals surface area contributed by atoms with Crippen molar-refractivity contribution in [2.24, 2.45) is 0 Å². The van der Waals surface area contributed by atoms with Crippen molar-refractivity contribution in [3.05, 3.63) is 35.4 Å². The fourth-order valence-corrected chi connectivity index (χ4v) is 2.26. The first kappa shape index (κ1) is 10.7. The van der Waals surface area contributed by atoms with Crippen LogP contribution in [0.1, 0.15) is 30.9 Å². The van der Waals surface area contributed by atoms with Gasteiger partial charge in [-0.1, -0.05) is 29.8 Å². The summed E-state index contributed by atoms with van der Waals surface area (Å²) in [5.74, 6) is 0. The van der Waals surface area contributed by atoms with Gasteiger partial charge < -0.3 is 10.4 Å². The van der Waals surface area contributed by atoms with Gasteiger partial charge in [-0.3, -0.25) is 0 Å². The summed E-state index contributed by atoms with van der Waals surface area (Å²) in [6, 6.07) is 8.35. The lowest BCUT2D eigenvalue weighted by Crippen LogP contribution is -2.42. The van der Waals surface area contributed by atoms with E-state index in [1.165, 1.54) is 5.56 Å². The van der Waals surface area contributed by atoms with Crippen LogP contribution in [0, 0.1) is 6.92 Å². The first-order valence-corrected chi connectivity index (χ1v) is 5.63. The highest BCUT2D eigenvalue weighted by Crippen LogP contribution is 2.29. The minimum Gasteiger partial charge on any atom is -0.384 e. The number of hydrogen-bond donors (Lipinski definition) is 2. The summed E-state index contributed by atoms with van der Waals surface area (Å²) in [4.78, 5) is 0. The third-order valence-electron chi connectivity index (χ3n) is 3.37. The molecule has 1 heterocycles. The molecule has 1 saturated heterocycles. The third kappa shape index (κ3) is 2.06. The number of benzene rings is 1. The Balaban J connectivity index is 2.23. The van der Waals surface area contributed by atoms with E-state index in [-0.39, 0.29) is 6.04 Å². The van der Waals surface area contributed by atoms with Crippen LogP contribution in [0.25, 0.3) is 0 Å². The lowest BCUT2D eigenvalue weighted by Gasteiger charge is -2.30. The van der Waals surface area contributed by atoms with Gasteiger partial charge in [-0.2, -0.15) is 0 Å². The molecule has 2 N–H and O–H groups in total. The Hall–Kier alpha value is -0.860. The number of aryl methyl sites for hydroxylation is 1. The van der Waals surface area contributed by atoms with E-state index in [4.69, 9.17) is 0 Å². The predicted molar refractivity (Wildman–Crippen MR) is 61.8 cm³/mol. The van der Waals surface area contributed by atoms with Crippen molar-refractivity contribution < 1.29 is 5.11 Å². The van der Waals surface area contributed by atoms with Crippen LogP contribution in [-0.4, -0.2) is 17.7 Å². The molecule has 1 aromatic rings. The highest BCUT2D eigenvalue weighted by molar-refractivity contribution is 5.27.